The third-order valence-electron chi connectivity index (χ3n) is 2.67. The molecule has 0 unspecified atom stereocenters. The van der Waals surface area contributed by atoms with E-state index in [1.165, 1.54) is 5.56 Å². The average Bonchev–Trinajstić information content (AvgIpc) is 2.39. The Kier molecular flexibility index (Phi) is 4.96. The van der Waals surface area contributed by atoms with Gasteiger partial charge in [-0.3, -0.25) is 0 Å². The molecule has 0 bridgehead atoms. The molecule has 0 radical (unpaired) electrons. The summed E-state index contributed by atoms with van der Waals surface area (Å²) in [4.78, 5) is 4.39. The Morgan fingerprint density at radius 3 is 2.52 bits per heavy atom. The zero-order valence-electron chi connectivity index (χ0n) is 12.5. The van der Waals surface area contributed by atoms with Crippen LogP contribution < -0.4 is 10.6 Å². The number of rotatable bonds is 5. The van der Waals surface area contributed by atoms with E-state index in [0.29, 0.717) is 11.8 Å². The molecule has 0 aliphatic heterocycles. The normalized spacial score (nSPS) is 11.2. The van der Waals surface area contributed by atoms with Gasteiger partial charge < -0.3 is 10.6 Å². The summed E-state index contributed by atoms with van der Waals surface area (Å²) < 4.78 is 0. The van der Waals surface area contributed by atoms with Crippen LogP contribution in [0.5, 0.6) is 0 Å². The van der Waals surface area contributed by atoms with Gasteiger partial charge >= 0.3 is 0 Å². The largest absolute Gasteiger partial charge is 0.364 e. The molecule has 0 spiro atoms. The van der Waals surface area contributed by atoms with Gasteiger partial charge in [0.05, 0.1) is 6.20 Å². The van der Waals surface area contributed by atoms with Crippen LogP contribution in [0.4, 0.5) is 11.8 Å². The van der Waals surface area contributed by atoms with Crippen LogP contribution in [0.3, 0.4) is 0 Å². The zero-order chi connectivity index (χ0) is 15.3. The van der Waals surface area contributed by atoms with Crippen LogP contribution in [0.2, 0.25) is 5.02 Å². The molecule has 0 saturated carbocycles. The molecule has 0 fully saturated rings. The average molecular weight is 306 g/mol. The van der Waals surface area contributed by atoms with E-state index in [1.54, 1.807) is 6.20 Å². The second kappa shape index (κ2) is 6.72. The maximum absolute atomic E-state index is 5.86. The Labute approximate surface area is 130 Å². The topological polar surface area (TPSA) is 62.7 Å². The number of nitrogens with zero attached hydrogens (tertiary/aromatic N) is 3. The van der Waals surface area contributed by atoms with Gasteiger partial charge in [0.15, 0.2) is 5.82 Å². The van der Waals surface area contributed by atoms with Crippen molar-refractivity contribution in [1.29, 1.82) is 0 Å². The van der Waals surface area contributed by atoms with Crippen molar-refractivity contribution >= 4 is 23.4 Å². The smallest absolute Gasteiger partial charge is 0.244 e. The molecule has 21 heavy (non-hydrogen) atoms. The number of hydrogen-bond donors (Lipinski definition) is 2. The first-order valence-corrected chi connectivity index (χ1v) is 7.26. The van der Waals surface area contributed by atoms with Gasteiger partial charge in [-0.2, -0.15) is 10.1 Å². The van der Waals surface area contributed by atoms with Crippen LogP contribution in [-0.4, -0.2) is 27.3 Å². The highest BCUT2D eigenvalue weighted by Gasteiger charge is 2.11. The standard InChI is InChI=1S/C15H20ClN5/c1-15(2,3)20-13-10-18-21-14(19-13)17-9-8-11-4-6-12(16)7-5-11/h4-7,10H,8-9H2,1-3H3,(H2,17,19,20,21). The summed E-state index contributed by atoms with van der Waals surface area (Å²) in [6.07, 6.45) is 2.49. The second-order valence-corrected chi connectivity index (χ2v) is 6.28. The Balaban J connectivity index is 1.88. The highest BCUT2D eigenvalue weighted by atomic mass is 35.5. The van der Waals surface area contributed by atoms with Crippen molar-refractivity contribution in [3.05, 3.63) is 41.0 Å². The molecule has 2 N–H and O–H groups in total. The van der Waals surface area contributed by atoms with Gasteiger partial charge in [0.2, 0.25) is 5.95 Å². The predicted octanol–water partition coefficient (Wildman–Crippen LogP) is 3.39. The maximum atomic E-state index is 5.86. The fourth-order valence-electron chi connectivity index (χ4n) is 1.79. The van der Waals surface area contributed by atoms with Gasteiger partial charge in [0.1, 0.15) is 0 Å². The van der Waals surface area contributed by atoms with E-state index in [1.807, 2.05) is 24.3 Å². The highest BCUT2D eigenvalue weighted by Crippen LogP contribution is 2.12. The monoisotopic (exact) mass is 305 g/mol. The van der Waals surface area contributed by atoms with E-state index in [-0.39, 0.29) is 5.54 Å². The van der Waals surface area contributed by atoms with Gasteiger partial charge in [-0.1, -0.05) is 23.7 Å². The molecule has 1 aromatic carbocycles. The summed E-state index contributed by atoms with van der Waals surface area (Å²) in [7, 11) is 0. The van der Waals surface area contributed by atoms with Crippen molar-refractivity contribution in [2.24, 2.45) is 0 Å². The SMILES string of the molecule is CC(C)(C)Nc1cnnc(NCCc2ccc(Cl)cc2)n1. The molecule has 0 aliphatic carbocycles. The first kappa shape index (κ1) is 15.5. The zero-order valence-corrected chi connectivity index (χ0v) is 13.3. The van der Waals surface area contributed by atoms with Gasteiger partial charge in [0.25, 0.3) is 0 Å². The lowest BCUT2D eigenvalue weighted by Crippen LogP contribution is -2.27. The molecule has 0 atom stereocenters. The van der Waals surface area contributed by atoms with Crippen molar-refractivity contribution < 1.29 is 0 Å². The van der Waals surface area contributed by atoms with E-state index >= 15 is 0 Å². The van der Waals surface area contributed by atoms with Crippen LogP contribution in [0, 0.1) is 0 Å². The number of aromatic nitrogens is 3. The Bertz CT molecular complexity index is 577. The van der Waals surface area contributed by atoms with Crippen LogP contribution in [0.1, 0.15) is 26.3 Å². The van der Waals surface area contributed by atoms with Gasteiger partial charge in [-0.15, -0.1) is 5.10 Å². The van der Waals surface area contributed by atoms with E-state index in [2.05, 4.69) is 46.6 Å². The fourth-order valence-corrected chi connectivity index (χ4v) is 1.92. The van der Waals surface area contributed by atoms with Gasteiger partial charge in [0, 0.05) is 17.1 Å². The lowest BCUT2D eigenvalue weighted by Gasteiger charge is -2.20. The van der Waals surface area contributed by atoms with Crippen LogP contribution >= 0.6 is 11.6 Å². The molecular formula is C15H20ClN5. The molecule has 5 nitrogen and oxygen atoms in total. The molecule has 6 heteroatoms. The first-order chi connectivity index (χ1) is 9.92. The van der Waals surface area contributed by atoms with Crippen LogP contribution in [-0.2, 0) is 6.42 Å². The van der Waals surface area contributed by atoms with E-state index in [0.717, 1.165) is 18.0 Å². The molecule has 2 aromatic rings. The summed E-state index contributed by atoms with van der Waals surface area (Å²) in [6, 6.07) is 7.81. The Morgan fingerprint density at radius 2 is 1.86 bits per heavy atom. The maximum Gasteiger partial charge on any atom is 0.244 e. The van der Waals surface area contributed by atoms with E-state index in [4.69, 9.17) is 11.6 Å². The number of benzene rings is 1. The third kappa shape index (κ3) is 5.55. The lowest BCUT2D eigenvalue weighted by atomic mass is 10.1. The summed E-state index contributed by atoms with van der Waals surface area (Å²) in [5.74, 6) is 1.24. The number of hydrogen-bond acceptors (Lipinski definition) is 5. The van der Waals surface area contributed by atoms with Crippen molar-refractivity contribution in [3.63, 3.8) is 0 Å². The van der Waals surface area contributed by atoms with Crippen molar-refractivity contribution in [2.75, 3.05) is 17.2 Å². The molecule has 112 valence electrons. The summed E-state index contributed by atoms with van der Waals surface area (Å²) in [5.41, 5.74) is 1.15. The first-order valence-electron chi connectivity index (χ1n) is 6.89. The molecule has 1 heterocycles. The van der Waals surface area contributed by atoms with Gasteiger partial charge in [-0.05, 0) is 44.9 Å². The molecular weight excluding hydrogens is 286 g/mol. The van der Waals surface area contributed by atoms with Crippen molar-refractivity contribution in [3.8, 4) is 0 Å². The number of halogens is 1. The van der Waals surface area contributed by atoms with Crippen molar-refractivity contribution in [2.45, 2.75) is 32.7 Å². The summed E-state index contributed by atoms with van der Waals surface area (Å²) in [6.45, 7) is 6.95. The minimum atomic E-state index is -0.0589. The Hall–Kier alpha value is -1.88. The molecule has 2 rings (SSSR count). The van der Waals surface area contributed by atoms with E-state index < -0.39 is 0 Å². The quantitative estimate of drug-likeness (QED) is 0.886. The fraction of sp³-hybridized carbons (Fsp3) is 0.400. The molecule has 0 aliphatic rings. The lowest BCUT2D eigenvalue weighted by molar-refractivity contribution is 0.629. The minimum Gasteiger partial charge on any atom is -0.364 e. The van der Waals surface area contributed by atoms with Crippen LogP contribution in [0.15, 0.2) is 30.5 Å². The number of anilines is 2. The number of nitrogens with one attached hydrogen (secondary N) is 2. The Morgan fingerprint density at radius 1 is 1.14 bits per heavy atom. The molecule has 0 saturated heterocycles. The molecule has 0 amide bonds. The van der Waals surface area contributed by atoms with Crippen LogP contribution in [0.25, 0.3) is 0 Å². The molecule has 1 aromatic heterocycles. The second-order valence-electron chi connectivity index (χ2n) is 5.84. The highest BCUT2D eigenvalue weighted by molar-refractivity contribution is 6.30. The third-order valence-corrected chi connectivity index (χ3v) is 2.92. The van der Waals surface area contributed by atoms with Crippen molar-refractivity contribution in [1.82, 2.24) is 15.2 Å². The minimum absolute atomic E-state index is 0.0589. The predicted molar refractivity (Wildman–Crippen MR) is 86.8 cm³/mol. The summed E-state index contributed by atoms with van der Waals surface area (Å²) >= 11 is 5.86. The van der Waals surface area contributed by atoms with E-state index in [9.17, 15) is 0 Å². The van der Waals surface area contributed by atoms with Gasteiger partial charge in [-0.25, -0.2) is 0 Å². The summed E-state index contributed by atoms with van der Waals surface area (Å²) in [5, 5.41) is 15.1.